The fourth-order valence-corrected chi connectivity index (χ4v) is 3.37. The van der Waals surface area contributed by atoms with Crippen LogP contribution in [0, 0.1) is 11.7 Å². The van der Waals surface area contributed by atoms with Crippen molar-refractivity contribution in [3.63, 3.8) is 0 Å². The molecule has 0 unspecified atom stereocenters. The molecule has 116 valence electrons. The second-order valence-corrected chi connectivity index (χ2v) is 5.94. The van der Waals surface area contributed by atoms with Gasteiger partial charge in [-0.2, -0.15) is 0 Å². The Balaban J connectivity index is 0.00000161. The maximum Gasteiger partial charge on any atom is 0.230 e. The Bertz CT molecular complexity index is 523. The minimum atomic E-state index is -0.214. The SMILES string of the molecule is C[C@H]1C[C@@H](C(=O)N2CCCc3cc(F)ccc32)CCN1.Cl. The number of halogens is 2. The molecule has 0 bridgehead atoms. The van der Waals surface area contributed by atoms with Crippen molar-refractivity contribution < 1.29 is 9.18 Å². The third-order valence-electron chi connectivity index (χ3n) is 4.40. The molecule has 3 nitrogen and oxygen atoms in total. The van der Waals surface area contributed by atoms with Crippen LogP contribution in [0.5, 0.6) is 0 Å². The Labute approximate surface area is 131 Å². The highest BCUT2D eigenvalue weighted by atomic mass is 35.5. The van der Waals surface area contributed by atoms with E-state index in [1.165, 1.54) is 6.07 Å². The molecule has 1 aromatic carbocycles. The van der Waals surface area contributed by atoms with E-state index in [2.05, 4.69) is 12.2 Å². The number of rotatable bonds is 1. The lowest BCUT2D eigenvalue weighted by molar-refractivity contribution is -0.123. The van der Waals surface area contributed by atoms with Crippen molar-refractivity contribution in [2.75, 3.05) is 18.0 Å². The number of hydrogen-bond donors (Lipinski definition) is 1. The number of amides is 1. The maximum absolute atomic E-state index is 13.3. The van der Waals surface area contributed by atoms with E-state index in [9.17, 15) is 9.18 Å². The number of fused-ring (bicyclic) bond motifs is 1. The first-order chi connectivity index (χ1) is 9.65. The molecule has 1 fully saturated rings. The number of anilines is 1. The van der Waals surface area contributed by atoms with E-state index in [0.29, 0.717) is 6.04 Å². The topological polar surface area (TPSA) is 32.3 Å². The molecule has 1 N–H and O–H groups in total. The minimum absolute atomic E-state index is 0. The lowest BCUT2D eigenvalue weighted by atomic mass is 9.90. The van der Waals surface area contributed by atoms with Crippen LogP contribution in [-0.4, -0.2) is 25.0 Å². The molecule has 0 aromatic heterocycles. The van der Waals surface area contributed by atoms with Gasteiger partial charge in [0.2, 0.25) is 5.91 Å². The van der Waals surface area contributed by atoms with Crippen LogP contribution in [0.4, 0.5) is 10.1 Å². The first-order valence-electron chi connectivity index (χ1n) is 7.48. The number of nitrogens with zero attached hydrogens (tertiary/aromatic N) is 1. The average Bonchev–Trinajstić information content (AvgIpc) is 2.45. The van der Waals surface area contributed by atoms with Gasteiger partial charge in [-0.05, 0) is 62.9 Å². The third-order valence-corrected chi connectivity index (χ3v) is 4.40. The monoisotopic (exact) mass is 312 g/mol. The molecule has 0 radical (unpaired) electrons. The van der Waals surface area contributed by atoms with Crippen LogP contribution in [0.2, 0.25) is 0 Å². The summed E-state index contributed by atoms with van der Waals surface area (Å²) in [6.45, 7) is 3.79. The van der Waals surface area contributed by atoms with E-state index >= 15 is 0 Å². The number of carbonyl (C=O) groups excluding carboxylic acids is 1. The molecule has 1 saturated heterocycles. The Morgan fingerprint density at radius 2 is 2.24 bits per heavy atom. The number of piperidine rings is 1. The average molecular weight is 313 g/mol. The fourth-order valence-electron chi connectivity index (χ4n) is 3.37. The highest BCUT2D eigenvalue weighted by Gasteiger charge is 2.31. The molecule has 2 aliphatic rings. The Hall–Kier alpha value is -1.13. The van der Waals surface area contributed by atoms with Gasteiger partial charge in [-0.1, -0.05) is 0 Å². The molecule has 3 rings (SSSR count). The van der Waals surface area contributed by atoms with Crippen molar-refractivity contribution in [2.24, 2.45) is 5.92 Å². The molecule has 0 aliphatic carbocycles. The van der Waals surface area contributed by atoms with Gasteiger partial charge in [-0.15, -0.1) is 12.4 Å². The normalized spacial score (nSPS) is 25.0. The number of hydrogen-bond acceptors (Lipinski definition) is 2. The van der Waals surface area contributed by atoms with Crippen LogP contribution < -0.4 is 10.2 Å². The Morgan fingerprint density at radius 1 is 1.43 bits per heavy atom. The van der Waals surface area contributed by atoms with Gasteiger partial charge in [0.1, 0.15) is 5.82 Å². The van der Waals surface area contributed by atoms with Crippen LogP contribution in [0.1, 0.15) is 31.7 Å². The van der Waals surface area contributed by atoms with Crippen molar-refractivity contribution in [1.82, 2.24) is 5.32 Å². The van der Waals surface area contributed by atoms with E-state index in [1.54, 1.807) is 12.1 Å². The molecule has 2 atom stereocenters. The van der Waals surface area contributed by atoms with E-state index < -0.39 is 0 Å². The van der Waals surface area contributed by atoms with Gasteiger partial charge in [0.25, 0.3) is 0 Å². The summed E-state index contributed by atoms with van der Waals surface area (Å²) in [5.41, 5.74) is 1.88. The highest BCUT2D eigenvalue weighted by molar-refractivity contribution is 5.96. The van der Waals surface area contributed by atoms with E-state index in [0.717, 1.165) is 50.0 Å². The predicted octanol–water partition coefficient (Wildman–Crippen LogP) is 2.91. The first-order valence-corrected chi connectivity index (χ1v) is 7.48. The van der Waals surface area contributed by atoms with Crippen LogP contribution in [-0.2, 0) is 11.2 Å². The van der Waals surface area contributed by atoms with Crippen molar-refractivity contribution in [1.29, 1.82) is 0 Å². The summed E-state index contributed by atoms with van der Waals surface area (Å²) in [5.74, 6) is 0.0988. The summed E-state index contributed by atoms with van der Waals surface area (Å²) in [4.78, 5) is 14.6. The van der Waals surface area contributed by atoms with Gasteiger partial charge in [-0.25, -0.2) is 4.39 Å². The van der Waals surface area contributed by atoms with Gasteiger partial charge >= 0.3 is 0 Å². The highest BCUT2D eigenvalue weighted by Crippen LogP contribution is 2.30. The molecule has 2 aliphatic heterocycles. The lowest BCUT2D eigenvalue weighted by Crippen LogP contribution is -2.45. The quantitative estimate of drug-likeness (QED) is 0.865. The zero-order chi connectivity index (χ0) is 14.1. The summed E-state index contributed by atoms with van der Waals surface area (Å²) in [6.07, 6.45) is 3.57. The van der Waals surface area contributed by atoms with E-state index in [1.807, 2.05) is 4.90 Å². The standard InChI is InChI=1S/C16H21FN2O.ClH/c1-11-9-13(6-7-18-11)16(20)19-8-2-3-12-10-14(17)4-5-15(12)19;/h4-5,10-11,13,18H,2-3,6-9H2,1H3;1H/t11-,13-;/m0./s1. The summed E-state index contributed by atoms with van der Waals surface area (Å²) < 4.78 is 13.3. The van der Waals surface area contributed by atoms with Crippen LogP contribution in [0.15, 0.2) is 18.2 Å². The molecular weight excluding hydrogens is 291 g/mol. The third kappa shape index (κ3) is 3.38. The van der Waals surface area contributed by atoms with Gasteiger partial charge in [0.05, 0.1) is 0 Å². The minimum Gasteiger partial charge on any atom is -0.314 e. The summed E-state index contributed by atoms with van der Waals surface area (Å²) >= 11 is 0. The smallest absolute Gasteiger partial charge is 0.230 e. The first kappa shape index (κ1) is 16.2. The summed E-state index contributed by atoms with van der Waals surface area (Å²) in [7, 11) is 0. The van der Waals surface area contributed by atoms with Gasteiger partial charge in [0.15, 0.2) is 0 Å². The van der Waals surface area contributed by atoms with Crippen LogP contribution in [0.3, 0.4) is 0 Å². The molecule has 21 heavy (non-hydrogen) atoms. The van der Waals surface area contributed by atoms with Crippen LogP contribution >= 0.6 is 12.4 Å². The molecule has 1 aromatic rings. The summed E-state index contributed by atoms with van der Waals surface area (Å²) in [6, 6.07) is 5.18. The molecule has 2 heterocycles. The number of carbonyl (C=O) groups is 1. The predicted molar refractivity (Wildman–Crippen MR) is 84.5 cm³/mol. The Morgan fingerprint density at radius 3 is 3.00 bits per heavy atom. The van der Waals surface area contributed by atoms with Gasteiger partial charge in [0, 0.05) is 24.2 Å². The zero-order valence-electron chi connectivity index (χ0n) is 12.3. The number of nitrogens with one attached hydrogen (secondary N) is 1. The molecule has 5 heteroatoms. The second-order valence-electron chi connectivity index (χ2n) is 5.94. The molecule has 0 saturated carbocycles. The van der Waals surface area contributed by atoms with E-state index in [4.69, 9.17) is 0 Å². The van der Waals surface area contributed by atoms with Crippen molar-refractivity contribution in [3.05, 3.63) is 29.6 Å². The number of aryl methyl sites for hydroxylation is 1. The molecule has 1 amide bonds. The van der Waals surface area contributed by atoms with Crippen LogP contribution in [0.25, 0.3) is 0 Å². The zero-order valence-corrected chi connectivity index (χ0v) is 13.1. The summed E-state index contributed by atoms with van der Waals surface area (Å²) in [5, 5.41) is 3.38. The second kappa shape index (κ2) is 6.75. The van der Waals surface area contributed by atoms with Crippen molar-refractivity contribution >= 4 is 24.0 Å². The number of benzene rings is 1. The molecule has 0 spiro atoms. The maximum atomic E-state index is 13.3. The van der Waals surface area contributed by atoms with Crippen molar-refractivity contribution in [3.8, 4) is 0 Å². The van der Waals surface area contributed by atoms with E-state index in [-0.39, 0.29) is 30.0 Å². The largest absolute Gasteiger partial charge is 0.314 e. The van der Waals surface area contributed by atoms with Crippen molar-refractivity contribution in [2.45, 2.75) is 38.6 Å². The Kier molecular flexibility index (Phi) is 5.22. The van der Waals surface area contributed by atoms with Gasteiger partial charge < -0.3 is 10.2 Å². The van der Waals surface area contributed by atoms with Gasteiger partial charge in [-0.3, -0.25) is 4.79 Å². The lowest BCUT2D eigenvalue weighted by Gasteiger charge is -2.35. The fraction of sp³-hybridized carbons (Fsp3) is 0.562. The molecular formula is C16H22ClFN2O.